The van der Waals surface area contributed by atoms with E-state index in [0.29, 0.717) is 33.6 Å². The molecule has 9 heteroatoms. The number of halogens is 1. The molecule has 2 aromatic carbocycles. The molecule has 0 bridgehead atoms. The van der Waals surface area contributed by atoms with Gasteiger partial charge in [0.1, 0.15) is 0 Å². The van der Waals surface area contributed by atoms with Crippen LogP contribution in [0, 0.1) is 0 Å². The Morgan fingerprint density at radius 1 is 1.14 bits per heavy atom. The molecule has 0 fully saturated rings. The molecule has 1 aromatic heterocycles. The summed E-state index contributed by atoms with van der Waals surface area (Å²) in [6, 6.07) is 12.4. The van der Waals surface area contributed by atoms with Gasteiger partial charge in [0.25, 0.3) is 5.91 Å². The van der Waals surface area contributed by atoms with E-state index in [9.17, 15) is 9.59 Å². The van der Waals surface area contributed by atoms with E-state index < -0.39 is 0 Å². The van der Waals surface area contributed by atoms with Gasteiger partial charge in [0.2, 0.25) is 12.7 Å². The van der Waals surface area contributed by atoms with E-state index in [2.05, 4.69) is 15.6 Å². The van der Waals surface area contributed by atoms with Crippen LogP contribution in [0.2, 0.25) is 5.02 Å². The van der Waals surface area contributed by atoms with Gasteiger partial charge in [0, 0.05) is 28.1 Å². The molecule has 3 aromatic rings. The number of ether oxygens (including phenoxy) is 2. The summed E-state index contributed by atoms with van der Waals surface area (Å²) in [5, 5.41) is 6.42. The highest BCUT2D eigenvalue weighted by atomic mass is 35.5. The van der Waals surface area contributed by atoms with Crippen molar-refractivity contribution in [1.29, 1.82) is 0 Å². The highest BCUT2D eigenvalue weighted by Crippen LogP contribution is 2.32. The molecular weight excluding hydrogens is 414 g/mol. The van der Waals surface area contributed by atoms with Crippen molar-refractivity contribution in [1.82, 2.24) is 10.3 Å². The van der Waals surface area contributed by atoms with Gasteiger partial charge in [-0.3, -0.25) is 9.59 Å². The van der Waals surface area contributed by atoms with Crippen molar-refractivity contribution in [2.45, 2.75) is 6.42 Å². The van der Waals surface area contributed by atoms with Crippen LogP contribution in [-0.4, -0.2) is 30.1 Å². The van der Waals surface area contributed by atoms with Crippen LogP contribution >= 0.6 is 22.9 Å². The van der Waals surface area contributed by atoms with Crippen molar-refractivity contribution in [2.24, 2.45) is 0 Å². The summed E-state index contributed by atoms with van der Waals surface area (Å²) in [5.74, 6) is 0.362. The number of carbonyl (C=O) groups is 2. The lowest BCUT2D eigenvalue weighted by Gasteiger charge is -2.06. The average Bonchev–Trinajstić information content (AvgIpc) is 3.36. The van der Waals surface area contributed by atoms with E-state index in [1.54, 1.807) is 24.4 Å². The van der Waals surface area contributed by atoms with Crippen molar-refractivity contribution >= 4 is 39.9 Å². The van der Waals surface area contributed by atoms with E-state index in [4.69, 9.17) is 21.1 Å². The molecule has 0 saturated heterocycles. The maximum absolute atomic E-state index is 12.2. The molecular formula is C20H16ClN3O4S. The molecule has 148 valence electrons. The van der Waals surface area contributed by atoms with Gasteiger partial charge in [-0.25, -0.2) is 4.98 Å². The number of anilines is 1. The number of benzene rings is 2. The van der Waals surface area contributed by atoms with Crippen molar-refractivity contribution in [2.75, 3.05) is 18.7 Å². The van der Waals surface area contributed by atoms with Crippen molar-refractivity contribution in [3.8, 4) is 11.5 Å². The van der Waals surface area contributed by atoms with Gasteiger partial charge in [-0.15, -0.1) is 11.3 Å². The standard InChI is InChI=1S/C20H16ClN3O4S/c21-15-4-2-1-3-12(15)7-14-9-23-20(29-14)24-18(25)10-22-19(26)13-5-6-16-17(8-13)28-11-27-16/h1-6,8-9H,7,10-11H2,(H,22,26)(H,23,24,25). The molecule has 0 atom stereocenters. The Hall–Kier alpha value is -3.10. The average molecular weight is 430 g/mol. The number of thiazole rings is 1. The van der Waals surface area contributed by atoms with E-state index in [-0.39, 0.29) is 25.2 Å². The van der Waals surface area contributed by atoms with E-state index in [1.807, 2.05) is 24.3 Å². The predicted molar refractivity (Wildman–Crippen MR) is 110 cm³/mol. The zero-order chi connectivity index (χ0) is 20.2. The van der Waals surface area contributed by atoms with Gasteiger partial charge in [-0.2, -0.15) is 0 Å². The minimum atomic E-state index is -0.378. The third-order valence-corrected chi connectivity index (χ3v) is 5.45. The largest absolute Gasteiger partial charge is 0.454 e. The normalized spacial score (nSPS) is 11.9. The molecule has 29 heavy (non-hydrogen) atoms. The van der Waals surface area contributed by atoms with Gasteiger partial charge in [0.05, 0.1) is 6.54 Å². The molecule has 4 rings (SSSR count). The lowest BCUT2D eigenvalue weighted by Crippen LogP contribution is -2.32. The van der Waals surface area contributed by atoms with Crippen LogP contribution in [-0.2, 0) is 11.2 Å². The fourth-order valence-electron chi connectivity index (χ4n) is 2.74. The predicted octanol–water partition coefficient (Wildman–Crippen LogP) is 3.48. The van der Waals surface area contributed by atoms with E-state index in [1.165, 1.54) is 11.3 Å². The summed E-state index contributed by atoms with van der Waals surface area (Å²) in [5.41, 5.74) is 1.38. The number of hydrogen-bond acceptors (Lipinski definition) is 6. The third-order valence-electron chi connectivity index (χ3n) is 4.17. The van der Waals surface area contributed by atoms with Gasteiger partial charge in [-0.05, 0) is 29.8 Å². The molecule has 2 N–H and O–H groups in total. The minimum absolute atomic E-state index is 0.134. The fraction of sp³-hybridized carbons (Fsp3) is 0.150. The van der Waals surface area contributed by atoms with Gasteiger partial charge >= 0.3 is 0 Å². The first-order valence-electron chi connectivity index (χ1n) is 8.74. The van der Waals surface area contributed by atoms with E-state index >= 15 is 0 Å². The lowest BCUT2D eigenvalue weighted by atomic mass is 10.1. The van der Waals surface area contributed by atoms with Crippen LogP contribution in [0.4, 0.5) is 5.13 Å². The molecule has 0 unspecified atom stereocenters. The topological polar surface area (TPSA) is 89.6 Å². The molecule has 1 aliphatic rings. The first-order valence-corrected chi connectivity index (χ1v) is 9.94. The maximum Gasteiger partial charge on any atom is 0.251 e. The summed E-state index contributed by atoms with van der Waals surface area (Å²) in [6.45, 7) is -0.0399. The second kappa shape index (κ2) is 8.50. The number of hydrogen-bond donors (Lipinski definition) is 2. The Kier molecular flexibility index (Phi) is 5.64. The second-order valence-corrected chi connectivity index (χ2v) is 7.72. The Morgan fingerprint density at radius 2 is 1.97 bits per heavy atom. The van der Waals surface area contributed by atoms with Crippen LogP contribution in [0.15, 0.2) is 48.7 Å². The third kappa shape index (κ3) is 4.67. The summed E-state index contributed by atoms with van der Waals surface area (Å²) in [7, 11) is 0. The second-order valence-electron chi connectivity index (χ2n) is 6.20. The van der Waals surface area contributed by atoms with Gasteiger partial charge < -0.3 is 20.1 Å². The first-order chi connectivity index (χ1) is 14.1. The Morgan fingerprint density at radius 3 is 2.83 bits per heavy atom. The van der Waals surface area contributed by atoms with Crippen LogP contribution < -0.4 is 20.1 Å². The Balaban J connectivity index is 1.29. The smallest absolute Gasteiger partial charge is 0.251 e. The number of amides is 2. The van der Waals surface area contributed by atoms with Crippen LogP contribution in [0.25, 0.3) is 0 Å². The van der Waals surface area contributed by atoms with Gasteiger partial charge in [0.15, 0.2) is 16.6 Å². The molecule has 7 nitrogen and oxygen atoms in total. The molecule has 2 heterocycles. The summed E-state index contributed by atoms with van der Waals surface area (Å²) < 4.78 is 10.5. The summed E-state index contributed by atoms with van der Waals surface area (Å²) in [4.78, 5) is 29.5. The number of aromatic nitrogens is 1. The SMILES string of the molecule is O=C(CNC(=O)c1ccc2c(c1)OCO2)Nc1ncc(Cc2ccccc2Cl)s1. The number of carbonyl (C=O) groups excluding carboxylic acids is 2. The quantitative estimate of drug-likeness (QED) is 0.626. The van der Waals surface area contributed by atoms with Crippen LogP contribution in [0.5, 0.6) is 11.5 Å². The molecule has 0 saturated carbocycles. The monoisotopic (exact) mass is 429 g/mol. The highest BCUT2D eigenvalue weighted by molar-refractivity contribution is 7.15. The molecule has 0 spiro atoms. The Bertz CT molecular complexity index is 1070. The molecule has 1 aliphatic heterocycles. The van der Waals surface area contributed by atoms with Crippen molar-refractivity contribution in [3.05, 3.63) is 69.7 Å². The lowest BCUT2D eigenvalue weighted by molar-refractivity contribution is -0.115. The van der Waals surface area contributed by atoms with Crippen molar-refractivity contribution < 1.29 is 19.1 Å². The number of fused-ring (bicyclic) bond motifs is 1. The van der Waals surface area contributed by atoms with E-state index in [0.717, 1.165) is 10.4 Å². The van der Waals surface area contributed by atoms with Crippen molar-refractivity contribution in [3.63, 3.8) is 0 Å². The maximum atomic E-state index is 12.2. The fourth-order valence-corrected chi connectivity index (χ4v) is 3.79. The Labute approximate surface area is 175 Å². The molecule has 2 amide bonds. The van der Waals surface area contributed by atoms with Gasteiger partial charge in [-0.1, -0.05) is 29.8 Å². The molecule has 0 radical (unpaired) electrons. The number of rotatable bonds is 6. The van der Waals surface area contributed by atoms with Crippen LogP contribution in [0.1, 0.15) is 20.8 Å². The zero-order valence-corrected chi connectivity index (χ0v) is 16.7. The summed E-state index contributed by atoms with van der Waals surface area (Å²) >= 11 is 7.54. The minimum Gasteiger partial charge on any atom is -0.454 e. The number of nitrogens with zero attached hydrogens (tertiary/aromatic N) is 1. The summed E-state index contributed by atoms with van der Waals surface area (Å²) in [6.07, 6.45) is 2.34. The molecule has 0 aliphatic carbocycles. The number of nitrogens with one attached hydrogen (secondary N) is 2. The zero-order valence-electron chi connectivity index (χ0n) is 15.1. The first kappa shape index (κ1) is 19.2. The van der Waals surface area contributed by atoms with Crippen LogP contribution in [0.3, 0.4) is 0 Å². The highest BCUT2D eigenvalue weighted by Gasteiger charge is 2.17.